The van der Waals surface area contributed by atoms with Crippen molar-refractivity contribution in [3.8, 4) is 11.5 Å². The normalized spacial score (nSPS) is 15.4. The Morgan fingerprint density at radius 2 is 1.89 bits per heavy atom. The predicted octanol–water partition coefficient (Wildman–Crippen LogP) is 3.34. The highest BCUT2D eigenvalue weighted by Crippen LogP contribution is 2.37. The summed E-state index contributed by atoms with van der Waals surface area (Å²) in [6.07, 6.45) is 0.645. The molecule has 6 nitrogen and oxygen atoms in total. The van der Waals surface area contributed by atoms with Crippen LogP contribution in [-0.4, -0.2) is 32.1 Å². The number of methoxy groups -OCH3 is 1. The lowest BCUT2D eigenvalue weighted by Gasteiger charge is -2.18. The Kier molecular flexibility index (Phi) is 5.86. The standard InChI is InChI=1S/C20H21ClN2O4/c1-13(24)22-19-17-12-14(21)4-9-18(17)23(20(19)25)10-3-11-27-16-7-5-15(26-2)6-8-16/h4-9,12,19H,3,10-11H2,1-2H3,(H,22,24). The Hall–Kier alpha value is -2.73. The molecule has 7 heteroatoms. The van der Waals surface area contributed by atoms with Crippen molar-refractivity contribution < 1.29 is 19.1 Å². The summed E-state index contributed by atoms with van der Waals surface area (Å²) < 4.78 is 10.8. The quantitative estimate of drug-likeness (QED) is 0.739. The van der Waals surface area contributed by atoms with Gasteiger partial charge in [-0.15, -0.1) is 0 Å². The second-order valence-corrected chi connectivity index (χ2v) is 6.64. The van der Waals surface area contributed by atoms with Crippen LogP contribution in [0.1, 0.15) is 24.9 Å². The predicted molar refractivity (Wildman–Crippen MR) is 103 cm³/mol. The van der Waals surface area contributed by atoms with E-state index in [0.717, 1.165) is 22.7 Å². The van der Waals surface area contributed by atoms with Gasteiger partial charge in [-0.25, -0.2) is 0 Å². The van der Waals surface area contributed by atoms with Gasteiger partial charge in [0.1, 0.15) is 17.5 Å². The van der Waals surface area contributed by atoms with Crippen molar-refractivity contribution in [1.29, 1.82) is 0 Å². The molecule has 1 N–H and O–H groups in total. The van der Waals surface area contributed by atoms with Gasteiger partial charge in [0.05, 0.1) is 13.7 Å². The van der Waals surface area contributed by atoms with Gasteiger partial charge >= 0.3 is 0 Å². The molecular weight excluding hydrogens is 368 g/mol. The summed E-state index contributed by atoms with van der Waals surface area (Å²) in [5, 5.41) is 3.23. The maximum absolute atomic E-state index is 12.8. The number of ether oxygens (including phenoxy) is 2. The van der Waals surface area contributed by atoms with Crippen LogP contribution < -0.4 is 19.7 Å². The average molecular weight is 389 g/mol. The number of fused-ring (bicyclic) bond motifs is 1. The lowest BCUT2D eigenvalue weighted by molar-refractivity contribution is -0.126. The van der Waals surface area contributed by atoms with Gasteiger partial charge in [-0.2, -0.15) is 0 Å². The van der Waals surface area contributed by atoms with Crippen LogP contribution in [0.5, 0.6) is 11.5 Å². The molecule has 0 saturated carbocycles. The fourth-order valence-corrected chi connectivity index (χ4v) is 3.25. The molecule has 2 aromatic rings. The molecule has 142 valence electrons. The average Bonchev–Trinajstić information content (AvgIpc) is 2.90. The topological polar surface area (TPSA) is 67.9 Å². The monoisotopic (exact) mass is 388 g/mol. The molecule has 1 atom stereocenters. The van der Waals surface area contributed by atoms with Gasteiger partial charge < -0.3 is 19.7 Å². The van der Waals surface area contributed by atoms with Crippen LogP contribution in [0.3, 0.4) is 0 Å². The van der Waals surface area contributed by atoms with E-state index < -0.39 is 6.04 Å². The van der Waals surface area contributed by atoms with Crippen molar-refractivity contribution in [2.75, 3.05) is 25.2 Å². The summed E-state index contributed by atoms with van der Waals surface area (Å²) in [6, 6.07) is 11.9. The molecule has 2 aromatic carbocycles. The number of amides is 2. The van der Waals surface area contributed by atoms with E-state index in [2.05, 4.69) is 5.32 Å². The van der Waals surface area contributed by atoms with Crippen LogP contribution in [0, 0.1) is 0 Å². The van der Waals surface area contributed by atoms with E-state index in [-0.39, 0.29) is 11.8 Å². The second kappa shape index (κ2) is 8.31. The highest BCUT2D eigenvalue weighted by molar-refractivity contribution is 6.31. The third-order valence-electron chi connectivity index (χ3n) is 4.31. The largest absolute Gasteiger partial charge is 0.497 e. The first-order chi connectivity index (χ1) is 13.0. The minimum atomic E-state index is -0.696. The number of anilines is 1. The molecule has 0 spiro atoms. The van der Waals surface area contributed by atoms with Crippen LogP contribution in [-0.2, 0) is 9.59 Å². The number of nitrogens with one attached hydrogen (secondary N) is 1. The minimum absolute atomic E-state index is 0.160. The highest BCUT2D eigenvalue weighted by atomic mass is 35.5. The van der Waals surface area contributed by atoms with Crippen LogP contribution in [0.2, 0.25) is 5.02 Å². The van der Waals surface area contributed by atoms with Gasteiger partial charge in [0.15, 0.2) is 0 Å². The maximum atomic E-state index is 12.8. The van der Waals surface area contributed by atoms with E-state index in [4.69, 9.17) is 21.1 Å². The van der Waals surface area contributed by atoms with Crippen LogP contribution >= 0.6 is 11.6 Å². The molecule has 0 fully saturated rings. The number of rotatable bonds is 7. The summed E-state index contributed by atoms with van der Waals surface area (Å²) in [7, 11) is 1.61. The summed E-state index contributed by atoms with van der Waals surface area (Å²) in [4.78, 5) is 25.9. The summed E-state index contributed by atoms with van der Waals surface area (Å²) in [5.74, 6) is 1.09. The van der Waals surface area contributed by atoms with Crippen molar-refractivity contribution in [3.63, 3.8) is 0 Å². The third kappa shape index (κ3) is 4.34. The van der Waals surface area contributed by atoms with E-state index in [0.29, 0.717) is 24.6 Å². The van der Waals surface area contributed by atoms with Crippen molar-refractivity contribution in [2.24, 2.45) is 0 Å². The van der Waals surface area contributed by atoms with Crippen molar-refractivity contribution in [1.82, 2.24) is 5.32 Å². The Bertz CT molecular complexity index is 838. The zero-order valence-electron chi connectivity index (χ0n) is 15.2. The number of carbonyl (C=O) groups excluding carboxylic acids is 2. The Morgan fingerprint density at radius 1 is 1.19 bits per heavy atom. The summed E-state index contributed by atoms with van der Waals surface area (Å²) >= 11 is 6.07. The Balaban J connectivity index is 1.62. The minimum Gasteiger partial charge on any atom is -0.497 e. The molecule has 1 aliphatic rings. The van der Waals surface area contributed by atoms with Gasteiger partial charge in [0.2, 0.25) is 5.91 Å². The molecule has 2 amide bonds. The molecule has 0 saturated heterocycles. The van der Waals surface area contributed by atoms with Crippen molar-refractivity contribution in [2.45, 2.75) is 19.4 Å². The molecule has 1 heterocycles. The molecule has 0 aliphatic carbocycles. The van der Waals surface area contributed by atoms with E-state index in [1.807, 2.05) is 30.3 Å². The van der Waals surface area contributed by atoms with Crippen LogP contribution in [0.15, 0.2) is 42.5 Å². The Labute approximate surface area is 163 Å². The first-order valence-corrected chi connectivity index (χ1v) is 9.02. The number of halogens is 1. The van der Waals surface area contributed by atoms with E-state index >= 15 is 0 Å². The van der Waals surface area contributed by atoms with Crippen LogP contribution in [0.25, 0.3) is 0 Å². The molecule has 27 heavy (non-hydrogen) atoms. The highest BCUT2D eigenvalue weighted by Gasteiger charge is 2.37. The second-order valence-electron chi connectivity index (χ2n) is 6.20. The number of nitrogens with zero attached hydrogens (tertiary/aromatic N) is 1. The number of benzene rings is 2. The molecule has 3 rings (SSSR count). The smallest absolute Gasteiger partial charge is 0.254 e. The van der Waals surface area contributed by atoms with E-state index in [1.165, 1.54) is 6.92 Å². The van der Waals surface area contributed by atoms with Crippen molar-refractivity contribution in [3.05, 3.63) is 53.1 Å². The number of hydrogen-bond acceptors (Lipinski definition) is 4. The zero-order chi connectivity index (χ0) is 19.4. The van der Waals surface area contributed by atoms with Gasteiger partial charge in [0, 0.05) is 29.7 Å². The SMILES string of the molecule is COc1ccc(OCCCN2C(=O)C(NC(C)=O)c3cc(Cl)ccc32)cc1. The Morgan fingerprint density at radius 3 is 2.56 bits per heavy atom. The fraction of sp³-hybridized carbons (Fsp3) is 0.300. The molecular formula is C20H21ClN2O4. The molecule has 0 bridgehead atoms. The van der Waals surface area contributed by atoms with Gasteiger partial charge in [-0.05, 0) is 48.9 Å². The first kappa shape index (κ1) is 19.0. The van der Waals surface area contributed by atoms with E-state index in [9.17, 15) is 9.59 Å². The van der Waals surface area contributed by atoms with Crippen molar-refractivity contribution >= 4 is 29.1 Å². The molecule has 0 aromatic heterocycles. The maximum Gasteiger partial charge on any atom is 0.254 e. The summed E-state index contributed by atoms with van der Waals surface area (Å²) in [6.45, 7) is 2.34. The van der Waals surface area contributed by atoms with E-state index in [1.54, 1.807) is 24.1 Å². The third-order valence-corrected chi connectivity index (χ3v) is 4.54. The van der Waals surface area contributed by atoms with Crippen LogP contribution in [0.4, 0.5) is 5.69 Å². The first-order valence-electron chi connectivity index (χ1n) is 8.64. The number of carbonyl (C=O) groups is 2. The molecule has 1 unspecified atom stereocenters. The molecule has 0 radical (unpaired) electrons. The lowest BCUT2D eigenvalue weighted by atomic mass is 10.1. The van der Waals surface area contributed by atoms with Gasteiger partial charge in [0.25, 0.3) is 5.91 Å². The summed E-state index contributed by atoms with van der Waals surface area (Å²) in [5.41, 5.74) is 1.49. The molecule has 1 aliphatic heterocycles. The van der Waals surface area contributed by atoms with Gasteiger partial charge in [-0.1, -0.05) is 11.6 Å². The lowest BCUT2D eigenvalue weighted by Crippen LogP contribution is -2.37. The number of hydrogen-bond donors (Lipinski definition) is 1. The van der Waals surface area contributed by atoms with Gasteiger partial charge in [-0.3, -0.25) is 9.59 Å². The fourth-order valence-electron chi connectivity index (χ4n) is 3.07. The zero-order valence-corrected chi connectivity index (χ0v) is 16.0.